The fourth-order valence-electron chi connectivity index (χ4n) is 1.18. The lowest BCUT2D eigenvalue weighted by atomic mass is 10.4. The van der Waals surface area contributed by atoms with Crippen molar-refractivity contribution in [2.24, 2.45) is 0 Å². The summed E-state index contributed by atoms with van der Waals surface area (Å²) in [4.78, 5) is 0.199. The van der Waals surface area contributed by atoms with E-state index in [4.69, 9.17) is 11.6 Å². The van der Waals surface area contributed by atoms with Gasteiger partial charge in [-0.2, -0.15) is 0 Å². The van der Waals surface area contributed by atoms with Gasteiger partial charge in [-0.05, 0) is 40.7 Å². The maximum atomic E-state index is 11.9. The molecule has 0 aliphatic rings. The van der Waals surface area contributed by atoms with Crippen LogP contribution in [0.5, 0.6) is 0 Å². The SMILES string of the molecule is CCNCCNS(=O)(=O)c1ccc(Cl)c(Br)c1.Cl. The molecule has 18 heavy (non-hydrogen) atoms. The standard InChI is InChI=1S/C10H14BrClN2O2S.ClH/c1-2-13-5-6-14-17(15,16)8-3-4-10(12)9(11)7-8;/h3-4,7,13-14H,2,5-6H2,1H3;1H. The van der Waals surface area contributed by atoms with Gasteiger partial charge in [-0.3, -0.25) is 0 Å². The number of halogens is 3. The van der Waals surface area contributed by atoms with Gasteiger partial charge < -0.3 is 5.32 Å². The first-order valence-corrected chi connectivity index (χ1v) is 7.78. The Bertz CT molecular complexity index is 483. The maximum Gasteiger partial charge on any atom is 0.240 e. The predicted octanol–water partition coefficient (Wildman–Crippen LogP) is 2.41. The fraction of sp³-hybridized carbons (Fsp3) is 0.400. The number of likely N-dealkylation sites (N-methyl/N-ethyl adjacent to an activating group) is 1. The lowest BCUT2D eigenvalue weighted by Crippen LogP contribution is -2.31. The van der Waals surface area contributed by atoms with Crippen molar-refractivity contribution in [3.63, 3.8) is 0 Å². The van der Waals surface area contributed by atoms with Gasteiger partial charge in [-0.1, -0.05) is 18.5 Å². The normalized spacial score (nSPS) is 11.1. The van der Waals surface area contributed by atoms with Gasteiger partial charge in [-0.25, -0.2) is 13.1 Å². The molecule has 1 rings (SSSR count). The number of nitrogens with one attached hydrogen (secondary N) is 2. The Hall–Kier alpha value is 0.150. The summed E-state index contributed by atoms with van der Waals surface area (Å²) in [6.07, 6.45) is 0. The minimum atomic E-state index is -3.46. The van der Waals surface area contributed by atoms with Gasteiger partial charge in [0.05, 0.1) is 9.92 Å². The molecule has 0 unspecified atom stereocenters. The van der Waals surface area contributed by atoms with Crippen LogP contribution in [0.25, 0.3) is 0 Å². The van der Waals surface area contributed by atoms with Crippen LogP contribution in [-0.4, -0.2) is 28.1 Å². The highest BCUT2D eigenvalue weighted by Crippen LogP contribution is 2.25. The largest absolute Gasteiger partial charge is 0.316 e. The highest BCUT2D eigenvalue weighted by Gasteiger charge is 2.14. The molecule has 1 aromatic rings. The predicted molar refractivity (Wildman–Crippen MR) is 80.1 cm³/mol. The van der Waals surface area contributed by atoms with Gasteiger partial charge in [0.15, 0.2) is 0 Å². The Morgan fingerprint density at radius 2 is 2.00 bits per heavy atom. The van der Waals surface area contributed by atoms with Crippen molar-refractivity contribution >= 4 is 50.0 Å². The number of benzene rings is 1. The Labute approximate surface area is 127 Å². The average molecular weight is 378 g/mol. The molecule has 0 fully saturated rings. The molecule has 0 heterocycles. The van der Waals surface area contributed by atoms with Crippen LogP contribution >= 0.6 is 39.9 Å². The van der Waals surface area contributed by atoms with Crippen molar-refractivity contribution in [2.75, 3.05) is 19.6 Å². The summed E-state index contributed by atoms with van der Waals surface area (Å²) in [5, 5.41) is 3.52. The molecule has 4 nitrogen and oxygen atoms in total. The summed E-state index contributed by atoms with van der Waals surface area (Å²) in [7, 11) is -3.46. The third-order valence-electron chi connectivity index (χ3n) is 2.05. The van der Waals surface area contributed by atoms with Gasteiger partial charge in [0.25, 0.3) is 0 Å². The monoisotopic (exact) mass is 376 g/mol. The molecular weight excluding hydrogens is 363 g/mol. The average Bonchev–Trinajstić information content (AvgIpc) is 2.28. The summed E-state index contributed by atoms with van der Waals surface area (Å²) < 4.78 is 26.8. The zero-order chi connectivity index (χ0) is 12.9. The van der Waals surface area contributed by atoms with Crippen LogP contribution in [0.1, 0.15) is 6.92 Å². The Kier molecular flexibility index (Phi) is 8.42. The first-order valence-electron chi connectivity index (χ1n) is 5.13. The third-order valence-corrected chi connectivity index (χ3v) is 4.72. The highest BCUT2D eigenvalue weighted by atomic mass is 79.9. The second kappa shape index (κ2) is 8.35. The van der Waals surface area contributed by atoms with E-state index in [2.05, 4.69) is 26.0 Å². The zero-order valence-electron chi connectivity index (χ0n) is 9.74. The number of hydrogen-bond acceptors (Lipinski definition) is 3. The second-order valence-corrected chi connectivity index (χ2v) is 6.36. The van der Waals surface area contributed by atoms with Crippen molar-refractivity contribution in [3.8, 4) is 0 Å². The molecule has 104 valence electrons. The van der Waals surface area contributed by atoms with Crippen LogP contribution in [0.2, 0.25) is 5.02 Å². The quantitative estimate of drug-likeness (QED) is 0.748. The van der Waals surface area contributed by atoms with Crippen LogP contribution in [0.15, 0.2) is 27.6 Å². The molecule has 2 N–H and O–H groups in total. The van der Waals surface area contributed by atoms with Crippen LogP contribution in [0, 0.1) is 0 Å². The molecule has 8 heteroatoms. The summed E-state index contributed by atoms with van der Waals surface area (Å²) >= 11 is 9.00. The minimum Gasteiger partial charge on any atom is -0.316 e. The molecule has 0 aliphatic carbocycles. The van der Waals surface area contributed by atoms with E-state index >= 15 is 0 Å². The van der Waals surface area contributed by atoms with Crippen molar-refractivity contribution < 1.29 is 8.42 Å². The topological polar surface area (TPSA) is 58.2 Å². The smallest absolute Gasteiger partial charge is 0.240 e. The Balaban J connectivity index is 0.00000289. The molecule has 0 saturated carbocycles. The molecule has 0 bridgehead atoms. The third kappa shape index (κ3) is 5.42. The first kappa shape index (κ1) is 18.1. The van der Waals surface area contributed by atoms with Crippen molar-refractivity contribution in [2.45, 2.75) is 11.8 Å². The van der Waals surface area contributed by atoms with Gasteiger partial charge in [0, 0.05) is 17.6 Å². The summed E-state index contributed by atoms with van der Waals surface area (Å²) in [5.41, 5.74) is 0. The Morgan fingerprint density at radius 1 is 1.33 bits per heavy atom. The van der Waals surface area contributed by atoms with Gasteiger partial charge in [0.2, 0.25) is 10.0 Å². The van der Waals surface area contributed by atoms with Gasteiger partial charge in [-0.15, -0.1) is 12.4 Å². The summed E-state index contributed by atoms with van der Waals surface area (Å²) in [6.45, 7) is 3.74. The van der Waals surface area contributed by atoms with E-state index in [-0.39, 0.29) is 17.3 Å². The van der Waals surface area contributed by atoms with E-state index in [1.54, 1.807) is 6.07 Å². The zero-order valence-corrected chi connectivity index (χ0v) is 13.7. The van der Waals surface area contributed by atoms with Crippen molar-refractivity contribution in [3.05, 3.63) is 27.7 Å². The molecule has 0 radical (unpaired) electrons. The maximum absolute atomic E-state index is 11.9. The highest BCUT2D eigenvalue weighted by molar-refractivity contribution is 9.10. The number of sulfonamides is 1. The molecule has 0 saturated heterocycles. The molecule has 0 amide bonds. The molecular formula is C10H15BrCl2N2O2S. The van der Waals surface area contributed by atoms with Crippen LogP contribution < -0.4 is 10.0 Å². The van der Waals surface area contributed by atoms with Crippen molar-refractivity contribution in [1.82, 2.24) is 10.0 Å². The number of rotatable bonds is 6. The molecule has 0 aliphatic heterocycles. The Morgan fingerprint density at radius 3 is 2.56 bits per heavy atom. The minimum absolute atomic E-state index is 0. The second-order valence-electron chi connectivity index (χ2n) is 3.33. The lowest BCUT2D eigenvalue weighted by molar-refractivity contribution is 0.577. The van der Waals surface area contributed by atoms with E-state index in [1.807, 2.05) is 6.92 Å². The van der Waals surface area contributed by atoms with Crippen LogP contribution in [0.3, 0.4) is 0 Å². The van der Waals surface area contributed by atoms with E-state index in [0.29, 0.717) is 22.6 Å². The molecule has 1 aromatic carbocycles. The van der Waals surface area contributed by atoms with Crippen molar-refractivity contribution in [1.29, 1.82) is 0 Å². The van der Waals surface area contributed by atoms with Crippen LogP contribution in [-0.2, 0) is 10.0 Å². The summed E-state index contributed by atoms with van der Waals surface area (Å²) in [6, 6.07) is 4.51. The molecule has 0 atom stereocenters. The molecule has 0 aromatic heterocycles. The van der Waals surface area contributed by atoms with E-state index in [1.165, 1.54) is 12.1 Å². The summed E-state index contributed by atoms with van der Waals surface area (Å²) in [5.74, 6) is 0. The van der Waals surface area contributed by atoms with E-state index in [9.17, 15) is 8.42 Å². The van der Waals surface area contributed by atoms with E-state index in [0.717, 1.165) is 6.54 Å². The fourth-order valence-corrected chi connectivity index (χ4v) is 2.88. The lowest BCUT2D eigenvalue weighted by Gasteiger charge is -2.07. The van der Waals surface area contributed by atoms with Crippen LogP contribution in [0.4, 0.5) is 0 Å². The van der Waals surface area contributed by atoms with E-state index < -0.39 is 10.0 Å². The molecule has 0 spiro atoms. The van der Waals surface area contributed by atoms with Gasteiger partial charge in [0.1, 0.15) is 0 Å². The van der Waals surface area contributed by atoms with Gasteiger partial charge >= 0.3 is 0 Å². The first-order chi connectivity index (χ1) is 7.97. The number of hydrogen-bond donors (Lipinski definition) is 2.